The molecule has 1 aromatic carbocycles. The molecule has 0 fully saturated rings. The first kappa shape index (κ1) is 10.4. The lowest BCUT2D eigenvalue weighted by Gasteiger charge is -2.05. The molecule has 0 amide bonds. The maximum absolute atomic E-state index is 10.4. The van der Waals surface area contributed by atoms with E-state index in [0.717, 1.165) is 5.56 Å². The van der Waals surface area contributed by atoms with Crippen molar-refractivity contribution in [3.05, 3.63) is 57.8 Å². The van der Waals surface area contributed by atoms with Crippen LogP contribution < -0.4 is 0 Å². The average Bonchev–Trinajstić information content (AvgIpc) is 2.19. The van der Waals surface area contributed by atoms with Crippen LogP contribution in [0.4, 0.5) is 0 Å². The summed E-state index contributed by atoms with van der Waals surface area (Å²) >= 11 is 0. The minimum Gasteiger partial charge on any atom is -0.259 e. The molecule has 0 spiro atoms. The molecule has 0 aliphatic rings. The molecule has 1 rings (SSSR count). The summed E-state index contributed by atoms with van der Waals surface area (Å²) in [7, 11) is 0. The zero-order chi connectivity index (χ0) is 10.6. The van der Waals surface area contributed by atoms with E-state index in [0.29, 0.717) is 0 Å². The minimum atomic E-state index is -0.362. The summed E-state index contributed by atoms with van der Waals surface area (Å²) in [6.07, 6.45) is 1.66. The van der Waals surface area contributed by atoms with E-state index in [1.807, 2.05) is 37.3 Å². The highest BCUT2D eigenvalue weighted by molar-refractivity contribution is 5.23. The fraction of sp³-hybridized carbons (Fsp3) is 0.273. The Labute approximate surface area is 83.2 Å². The van der Waals surface area contributed by atoms with Gasteiger partial charge in [0.05, 0.1) is 4.92 Å². The summed E-state index contributed by atoms with van der Waals surface area (Å²) in [4.78, 5) is 10.0. The third-order valence-corrected chi connectivity index (χ3v) is 2.10. The topological polar surface area (TPSA) is 43.1 Å². The highest BCUT2D eigenvalue weighted by Crippen LogP contribution is 2.17. The number of benzene rings is 1. The molecule has 3 heteroatoms. The summed E-state index contributed by atoms with van der Waals surface area (Å²) in [5.41, 5.74) is 1.29. The summed E-state index contributed by atoms with van der Waals surface area (Å²) in [6.45, 7) is 3.46. The van der Waals surface area contributed by atoms with Crippen LogP contribution in [0.5, 0.6) is 0 Å². The van der Waals surface area contributed by atoms with Gasteiger partial charge in [0.25, 0.3) is 0 Å². The van der Waals surface area contributed by atoms with Crippen LogP contribution in [0.25, 0.3) is 0 Å². The lowest BCUT2D eigenvalue weighted by atomic mass is 10.0. The number of nitrogens with zero attached hydrogens (tertiary/aromatic N) is 1. The van der Waals surface area contributed by atoms with E-state index in [2.05, 4.69) is 0 Å². The average molecular weight is 191 g/mol. The van der Waals surface area contributed by atoms with Gasteiger partial charge in [-0.05, 0) is 11.6 Å². The number of hydrogen-bond acceptors (Lipinski definition) is 2. The van der Waals surface area contributed by atoms with Gasteiger partial charge in [-0.2, -0.15) is 0 Å². The normalized spacial score (nSPS) is 13.7. The van der Waals surface area contributed by atoms with Crippen molar-refractivity contribution in [2.24, 2.45) is 0 Å². The Bertz CT molecular complexity index is 344. The largest absolute Gasteiger partial charge is 0.259 e. The van der Waals surface area contributed by atoms with E-state index in [4.69, 9.17) is 0 Å². The van der Waals surface area contributed by atoms with Gasteiger partial charge in [0.2, 0.25) is 5.70 Å². The number of allylic oxidation sites excluding steroid dienone is 2. The molecule has 0 aliphatic carbocycles. The first-order valence-corrected chi connectivity index (χ1v) is 4.49. The van der Waals surface area contributed by atoms with Crippen molar-refractivity contribution in [2.75, 3.05) is 0 Å². The Hall–Kier alpha value is -1.64. The van der Waals surface area contributed by atoms with Crippen LogP contribution >= 0.6 is 0 Å². The second kappa shape index (κ2) is 4.56. The van der Waals surface area contributed by atoms with Gasteiger partial charge >= 0.3 is 0 Å². The van der Waals surface area contributed by atoms with E-state index in [-0.39, 0.29) is 16.5 Å². The van der Waals surface area contributed by atoms with E-state index < -0.39 is 0 Å². The first-order valence-electron chi connectivity index (χ1n) is 4.49. The molecule has 0 saturated heterocycles. The molecular formula is C11H13NO2. The highest BCUT2D eigenvalue weighted by Gasteiger charge is 2.07. The van der Waals surface area contributed by atoms with Gasteiger partial charge in [0, 0.05) is 12.8 Å². The summed E-state index contributed by atoms with van der Waals surface area (Å²) in [5.74, 6) is 0.0848. The van der Waals surface area contributed by atoms with Crippen LogP contribution in [0.2, 0.25) is 0 Å². The van der Waals surface area contributed by atoms with E-state index in [1.54, 1.807) is 6.08 Å². The SMILES string of the molecule is CC(=CC(C)c1ccccc1)[N+](=O)[O-]. The molecule has 0 aromatic heterocycles. The second-order valence-corrected chi connectivity index (χ2v) is 3.26. The Kier molecular flexibility index (Phi) is 3.40. The van der Waals surface area contributed by atoms with E-state index in [1.165, 1.54) is 6.92 Å². The van der Waals surface area contributed by atoms with Crippen molar-refractivity contribution in [3.8, 4) is 0 Å². The molecule has 0 radical (unpaired) electrons. The van der Waals surface area contributed by atoms with E-state index in [9.17, 15) is 10.1 Å². The molecule has 0 saturated carbocycles. The molecule has 74 valence electrons. The van der Waals surface area contributed by atoms with Crippen LogP contribution in [-0.2, 0) is 0 Å². The quantitative estimate of drug-likeness (QED) is 0.544. The molecule has 0 aliphatic heterocycles. The van der Waals surface area contributed by atoms with Crippen LogP contribution in [0.1, 0.15) is 25.3 Å². The van der Waals surface area contributed by atoms with Gasteiger partial charge in [0.1, 0.15) is 0 Å². The molecule has 3 nitrogen and oxygen atoms in total. The fourth-order valence-corrected chi connectivity index (χ4v) is 1.28. The van der Waals surface area contributed by atoms with Gasteiger partial charge in [0.15, 0.2) is 0 Å². The van der Waals surface area contributed by atoms with Crippen LogP contribution in [0.3, 0.4) is 0 Å². The van der Waals surface area contributed by atoms with E-state index >= 15 is 0 Å². The predicted octanol–water partition coefficient (Wildman–Crippen LogP) is 2.97. The Morgan fingerprint density at radius 3 is 2.50 bits per heavy atom. The Balaban J connectivity index is 2.82. The number of nitro groups is 1. The van der Waals surface area contributed by atoms with Crippen molar-refractivity contribution >= 4 is 0 Å². The summed E-state index contributed by atoms with van der Waals surface area (Å²) in [6, 6.07) is 9.73. The maximum atomic E-state index is 10.4. The molecular weight excluding hydrogens is 178 g/mol. The van der Waals surface area contributed by atoms with Gasteiger partial charge in [-0.3, -0.25) is 10.1 Å². The maximum Gasteiger partial charge on any atom is 0.239 e. The third-order valence-electron chi connectivity index (χ3n) is 2.10. The zero-order valence-corrected chi connectivity index (χ0v) is 8.31. The molecule has 1 aromatic rings. The number of hydrogen-bond donors (Lipinski definition) is 0. The van der Waals surface area contributed by atoms with Crippen molar-refractivity contribution in [3.63, 3.8) is 0 Å². The van der Waals surface area contributed by atoms with Crippen LogP contribution in [0.15, 0.2) is 42.1 Å². The van der Waals surface area contributed by atoms with Gasteiger partial charge in [-0.1, -0.05) is 37.3 Å². The smallest absolute Gasteiger partial charge is 0.239 e. The zero-order valence-electron chi connectivity index (χ0n) is 8.31. The molecule has 14 heavy (non-hydrogen) atoms. The third kappa shape index (κ3) is 2.69. The lowest BCUT2D eigenvalue weighted by molar-refractivity contribution is -0.424. The van der Waals surface area contributed by atoms with Gasteiger partial charge < -0.3 is 0 Å². The molecule has 0 N–H and O–H groups in total. The minimum absolute atomic E-state index is 0.0848. The van der Waals surface area contributed by atoms with Crippen LogP contribution in [-0.4, -0.2) is 4.92 Å². The van der Waals surface area contributed by atoms with Crippen molar-refractivity contribution in [1.82, 2.24) is 0 Å². The first-order chi connectivity index (χ1) is 6.61. The predicted molar refractivity (Wildman–Crippen MR) is 55.6 cm³/mol. The van der Waals surface area contributed by atoms with Gasteiger partial charge in [-0.15, -0.1) is 0 Å². The number of rotatable bonds is 3. The van der Waals surface area contributed by atoms with Crippen molar-refractivity contribution in [1.29, 1.82) is 0 Å². The second-order valence-electron chi connectivity index (χ2n) is 3.26. The molecule has 1 unspecified atom stereocenters. The molecule has 0 heterocycles. The Morgan fingerprint density at radius 1 is 1.43 bits per heavy atom. The van der Waals surface area contributed by atoms with Gasteiger partial charge in [-0.25, -0.2) is 0 Å². The summed E-state index contributed by atoms with van der Waals surface area (Å²) < 4.78 is 0. The fourth-order valence-electron chi connectivity index (χ4n) is 1.28. The summed E-state index contributed by atoms with van der Waals surface area (Å²) in [5, 5.41) is 10.4. The molecule has 1 atom stereocenters. The highest BCUT2D eigenvalue weighted by atomic mass is 16.6. The standard InChI is InChI=1S/C11H13NO2/c1-9(8-10(2)12(13)14)11-6-4-3-5-7-11/h3-9H,1-2H3. The monoisotopic (exact) mass is 191 g/mol. The molecule has 0 bridgehead atoms. The van der Waals surface area contributed by atoms with Crippen LogP contribution in [0, 0.1) is 10.1 Å². The van der Waals surface area contributed by atoms with Crippen molar-refractivity contribution < 1.29 is 4.92 Å². The lowest BCUT2D eigenvalue weighted by Crippen LogP contribution is -1.97. The Morgan fingerprint density at radius 2 is 2.00 bits per heavy atom. The van der Waals surface area contributed by atoms with Crippen molar-refractivity contribution in [2.45, 2.75) is 19.8 Å².